The Morgan fingerprint density at radius 1 is 1.18 bits per heavy atom. The van der Waals surface area contributed by atoms with Gasteiger partial charge in [0.15, 0.2) is 0 Å². The van der Waals surface area contributed by atoms with Gasteiger partial charge in [0.2, 0.25) is 0 Å². The number of halogens is 2. The van der Waals surface area contributed by atoms with Crippen LogP contribution < -0.4 is 4.74 Å². The minimum atomic E-state index is -0.403. The van der Waals surface area contributed by atoms with E-state index in [0.717, 1.165) is 11.4 Å². The summed E-state index contributed by atoms with van der Waals surface area (Å²) in [5, 5.41) is 7.64. The molecule has 1 heterocycles. The first kappa shape index (κ1) is 11.9. The third kappa shape index (κ3) is 2.76. The lowest BCUT2D eigenvalue weighted by molar-refractivity contribution is 0.426. The number of aryl methyl sites for hydroxylation is 2. The predicted molar refractivity (Wildman–Crippen MR) is 63.5 cm³/mol. The molecule has 2 rings (SSSR count). The van der Waals surface area contributed by atoms with Crippen molar-refractivity contribution in [2.75, 3.05) is 0 Å². The maximum atomic E-state index is 13.2. The minimum absolute atomic E-state index is 0.106. The SMILES string of the molecule is Cc1nnc(Oc2ccc(Br)c(F)c2)nc1C. The summed E-state index contributed by atoms with van der Waals surface area (Å²) in [6.07, 6.45) is 0. The molecule has 0 aliphatic rings. The molecular weight excluding hydrogens is 289 g/mol. The highest BCUT2D eigenvalue weighted by atomic mass is 79.9. The summed E-state index contributed by atoms with van der Waals surface area (Å²) in [6.45, 7) is 3.61. The molecule has 0 aliphatic carbocycles. The van der Waals surface area contributed by atoms with Crippen molar-refractivity contribution in [1.82, 2.24) is 15.2 Å². The molecule has 0 N–H and O–H groups in total. The molecule has 88 valence electrons. The fourth-order valence-corrected chi connectivity index (χ4v) is 1.37. The Morgan fingerprint density at radius 2 is 1.94 bits per heavy atom. The zero-order valence-electron chi connectivity index (χ0n) is 9.24. The average Bonchev–Trinajstić information content (AvgIpc) is 2.29. The number of aromatic nitrogens is 3. The highest BCUT2D eigenvalue weighted by molar-refractivity contribution is 9.10. The molecule has 6 heteroatoms. The summed E-state index contributed by atoms with van der Waals surface area (Å²) in [7, 11) is 0. The standard InChI is InChI=1S/C11H9BrFN3O/c1-6-7(2)15-16-11(14-6)17-8-3-4-9(12)10(13)5-8/h3-5H,1-2H3. The van der Waals surface area contributed by atoms with Gasteiger partial charge in [0.1, 0.15) is 11.6 Å². The first-order valence-corrected chi connectivity index (χ1v) is 5.66. The molecule has 2 aromatic rings. The number of benzene rings is 1. The Hall–Kier alpha value is -1.56. The van der Waals surface area contributed by atoms with E-state index in [0.29, 0.717) is 10.2 Å². The molecule has 0 amide bonds. The predicted octanol–water partition coefficient (Wildman–Crippen LogP) is 3.18. The number of nitrogens with zero attached hydrogens (tertiary/aromatic N) is 3. The smallest absolute Gasteiger partial charge is 0.341 e. The largest absolute Gasteiger partial charge is 0.423 e. The minimum Gasteiger partial charge on any atom is -0.423 e. The lowest BCUT2D eigenvalue weighted by Crippen LogP contribution is -1.99. The quantitative estimate of drug-likeness (QED) is 0.854. The monoisotopic (exact) mass is 297 g/mol. The van der Waals surface area contributed by atoms with Crippen LogP contribution >= 0.6 is 15.9 Å². The summed E-state index contributed by atoms with van der Waals surface area (Å²) in [5.74, 6) is -0.0740. The molecule has 0 radical (unpaired) electrons. The normalized spacial score (nSPS) is 10.4. The van der Waals surface area contributed by atoms with E-state index in [1.165, 1.54) is 6.07 Å². The summed E-state index contributed by atoms with van der Waals surface area (Å²) in [5.41, 5.74) is 1.46. The molecule has 0 saturated heterocycles. The Kier molecular flexibility index (Phi) is 3.33. The van der Waals surface area contributed by atoms with Gasteiger partial charge in [0.05, 0.1) is 15.9 Å². The van der Waals surface area contributed by atoms with Crippen LogP contribution in [0, 0.1) is 19.7 Å². The highest BCUT2D eigenvalue weighted by Gasteiger charge is 2.06. The van der Waals surface area contributed by atoms with E-state index in [-0.39, 0.29) is 6.01 Å². The molecular formula is C11H9BrFN3O. The zero-order chi connectivity index (χ0) is 12.4. The van der Waals surface area contributed by atoms with Crippen LogP contribution in [0.25, 0.3) is 0 Å². The Balaban J connectivity index is 2.25. The molecule has 1 aromatic heterocycles. The van der Waals surface area contributed by atoms with Gasteiger partial charge >= 0.3 is 6.01 Å². The molecule has 0 spiro atoms. The van der Waals surface area contributed by atoms with E-state index in [1.807, 2.05) is 0 Å². The van der Waals surface area contributed by atoms with E-state index in [1.54, 1.807) is 26.0 Å². The first-order chi connectivity index (χ1) is 8.06. The molecule has 1 aromatic carbocycles. The Labute approximate surface area is 106 Å². The topological polar surface area (TPSA) is 47.9 Å². The van der Waals surface area contributed by atoms with Crippen molar-refractivity contribution in [3.63, 3.8) is 0 Å². The van der Waals surface area contributed by atoms with Crippen molar-refractivity contribution in [3.05, 3.63) is 39.9 Å². The maximum Gasteiger partial charge on any atom is 0.341 e. The van der Waals surface area contributed by atoms with Gasteiger partial charge in [-0.15, -0.1) is 5.10 Å². The van der Waals surface area contributed by atoms with Crippen LogP contribution in [-0.2, 0) is 0 Å². The molecule has 17 heavy (non-hydrogen) atoms. The lowest BCUT2D eigenvalue weighted by Gasteiger charge is -2.05. The van der Waals surface area contributed by atoms with Crippen LogP contribution in [0.5, 0.6) is 11.8 Å². The summed E-state index contributed by atoms with van der Waals surface area (Å²) >= 11 is 3.06. The van der Waals surface area contributed by atoms with Gasteiger partial charge < -0.3 is 4.74 Å². The van der Waals surface area contributed by atoms with E-state index in [4.69, 9.17) is 4.74 Å². The number of rotatable bonds is 2. The van der Waals surface area contributed by atoms with Crippen molar-refractivity contribution in [1.29, 1.82) is 0 Å². The number of hydrogen-bond donors (Lipinski definition) is 0. The van der Waals surface area contributed by atoms with Crippen molar-refractivity contribution < 1.29 is 9.13 Å². The number of ether oxygens (including phenoxy) is 1. The molecule has 0 atom stereocenters. The number of hydrogen-bond acceptors (Lipinski definition) is 4. The molecule has 4 nitrogen and oxygen atoms in total. The average molecular weight is 298 g/mol. The molecule has 0 saturated carbocycles. The second-order valence-corrected chi connectivity index (χ2v) is 4.30. The summed E-state index contributed by atoms with van der Waals surface area (Å²) < 4.78 is 18.9. The van der Waals surface area contributed by atoms with Crippen molar-refractivity contribution in [2.24, 2.45) is 0 Å². The van der Waals surface area contributed by atoms with E-state index < -0.39 is 5.82 Å². The van der Waals surface area contributed by atoms with E-state index >= 15 is 0 Å². The summed E-state index contributed by atoms with van der Waals surface area (Å²) in [6, 6.07) is 4.53. The van der Waals surface area contributed by atoms with E-state index in [2.05, 4.69) is 31.1 Å². The van der Waals surface area contributed by atoms with Crippen LogP contribution in [0.1, 0.15) is 11.4 Å². The third-order valence-corrected chi connectivity index (χ3v) is 2.82. The molecule has 0 aliphatic heterocycles. The second kappa shape index (κ2) is 4.75. The van der Waals surface area contributed by atoms with Crippen molar-refractivity contribution >= 4 is 15.9 Å². The van der Waals surface area contributed by atoms with Crippen LogP contribution in [0.3, 0.4) is 0 Å². The highest BCUT2D eigenvalue weighted by Crippen LogP contribution is 2.23. The van der Waals surface area contributed by atoms with Gasteiger partial charge in [-0.1, -0.05) is 5.10 Å². The second-order valence-electron chi connectivity index (χ2n) is 3.44. The lowest BCUT2D eigenvalue weighted by atomic mass is 10.3. The van der Waals surface area contributed by atoms with Gasteiger partial charge in [-0.2, -0.15) is 4.98 Å². The van der Waals surface area contributed by atoms with Crippen LogP contribution in [0.2, 0.25) is 0 Å². The summed E-state index contributed by atoms with van der Waals surface area (Å²) in [4.78, 5) is 4.09. The van der Waals surface area contributed by atoms with Gasteiger partial charge in [-0.25, -0.2) is 4.39 Å². The van der Waals surface area contributed by atoms with E-state index in [9.17, 15) is 4.39 Å². The van der Waals surface area contributed by atoms with Crippen LogP contribution in [0.4, 0.5) is 4.39 Å². The molecule has 0 fully saturated rings. The zero-order valence-corrected chi connectivity index (χ0v) is 10.8. The van der Waals surface area contributed by atoms with Crippen LogP contribution in [-0.4, -0.2) is 15.2 Å². The van der Waals surface area contributed by atoms with Gasteiger partial charge in [-0.05, 0) is 41.9 Å². The fraction of sp³-hybridized carbons (Fsp3) is 0.182. The molecule has 0 unspecified atom stereocenters. The van der Waals surface area contributed by atoms with Crippen LogP contribution in [0.15, 0.2) is 22.7 Å². The fourth-order valence-electron chi connectivity index (χ4n) is 1.13. The van der Waals surface area contributed by atoms with Gasteiger partial charge in [-0.3, -0.25) is 0 Å². The first-order valence-electron chi connectivity index (χ1n) is 4.87. The van der Waals surface area contributed by atoms with Crippen molar-refractivity contribution in [3.8, 4) is 11.8 Å². The Morgan fingerprint density at radius 3 is 2.59 bits per heavy atom. The van der Waals surface area contributed by atoms with Gasteiger partial charge in [0.25, 0.3) is 0 Å². The molecule has 0 bridgehead atoms. The third-order valence-electron chi connectivity index (χ3n) is 2.17. The maximum absolute atomic E-state index is 13.2. The Bertz CT molecular complexity index is 513. The van der Waals surface area contributed by atoms with Gasteiger partial charge in [0, 0.05) is 6.07 Å². The van der Waals surface area contributed by atoms with Crippen molar-refractivity contribution in [2.45, 2.75) is 13.8 Å².